The minimum absolute atomic E-state index is 0.0836. The molecule has 0 radical (unpaired) electrons. The third-order valence-electron chi connectivity index (χ3n) is 6.09. The van der Waals surface area contributed by atoms with E-state index in [1.807, 2.05) is 42.5 Å². The lowest BCUT2D eigenvalue weighted by Crippen LogP contribution is -2.29. The standard InChI is InChI=1S/C26H19NO6/c1-30-17-9-7-16(8-10-17)23-22-24(28)18-4-2-3-5-19(18)33-25(22)26(29)27(23)13-15-6-11-20-21(12-15)32-14-31-20/h2-12,23H,13-14H2,1H3/t23-/m1/s1. The molecular formula is C26H19NO6. The van der Waals surface area contributed by atoms with Crippen LogP contribution in [-0.4, -0.2) is 24.7 Å². The van der Waals surface area contributed by atoms with Crippen molar-refractivity contribution in [1.29, 1.82) is 0 Å². The zero-order valence-electron chi connectivity index (χ0n) is 17.7. The molecule has 7 nitrogen and oxygen atoms in total. The molecule has 3 aromatic carbocycles. The molecule has 0 saturated carbocycles. The number of methoxy groups -OCH3 is 1. The van der Waals surface area contributed by atoms with Crippen LogP contribution >= 0.6 is 0 Å². The summed E-state index contributed by atoms with van der Waals surface area (Å²) in [6.07, 6.45) is 0. The Labute approximate surface area is 188 Å². The molecule has 6 rings (SSSR count). The number of hydrogen-bond donors (Lipinski definition) is 0. The zero-order chi connectivity index (χ0) is 22.5. The molecule has 2 aliphatic heterocycles. The Bertz CT molecular complexity index is 1460. The number of ether oxygens (including phenoxy) is 3. The van der Waals surface area contributed by atoms with Crippen molar-refractivity contribution in [3.63, 3.8) is 0 Å². The largest absolute Gasteiger partial charge is 0.497 e. The van der Waals surface area contributed by atoms with Crippen LogP contribution in [0.3, 0.4) is 0 Å². The van der Waals surface area contributed by atoms with Gasteiger partial charge in [-0.2, -0.15) is 0 Å². The molecule has 0 fully saturated rings. The van der Waals surface area contributed by atoms with Gasteiger partial charge in [-0.3, -0.25) is 9.59 Å². The van der Waals surface area contributed by atoms with Gasteiger partial charge in [0.25, 0.3) is 5.91 Å². The number of para-hydroxylation sites is 1. The van der Waals surface area contributed by atoms with E-state index in [1.54, 1.807) is 36.3 Å². The molecule has 0 N–H and O–H groups in total. The van der Waals surface area contributed by atoms with Gasteiger partial charge in [0.15, 0.2) is 16.9 Å². The monoisotopic (exact) mass is 441 g/mol. The van der Waals surface area contributed by atoms with Crippen molar-refractivity contribution in [3.8, 4) is 17.2 Å². The Balaban J connectivity index is 1.50. The second-order valence-corrected chi connectivity index (χ2v) is 7.97. The van der Waals surface area contributed by atoms with E-state index in [9.17, 15) is 9.59 Å². The summed E-state index contributed by atoms with van der Waals surface area (Å²) >= 11 is 0. The SMILES string of the molecule is COc1ccc([C@@H]2c3c(oc4ccccc4c3=O)C(=O)N2Cc2ccc3c(c2)OCO3)cc1. The second kappa shape index (κ2) is 7.41. The van der Waals surface area contributed by atoms with Crippen LogP contribution in [0.1, 0.15) is 33.3 Å². The van der Waals surface area contributed by atoms with Gasteiger partial charge in [0.1, 0.15) is 11.3 Å². The molecule has 1 aromatic heterocycles. The van der Waals surface area contributed by atoms with E-state index >= 15 is 0 Å². The number of amides is 1. The predicted molar refractivity (Wildman–Crippen MR) is 120 cm³/mol. The second-order valence-electron chi connectivity index (χ2n) is 7.97. The molecule has 1 atom stereocenters. The van der Waals surface area contributed by atoms with Crippen LogP contribution in [0.25, 0.3) is 11.0 Å². The number of nitrogens with zero attached hydrogens (tertiary/aromatic N) is 1. The van der Waals surface area contributed by atoms with E-state index in [-0.39, 0.29) is 30.4 Å². The lowest BCUT2D eigenvalue weighted by atomic mass is 9.98. The Kier molecular flexibility index (Phi) is 4.36. The van der Waals surface area contributed by atoms with Gasteiger partial charge >= 0.3 is 0 Å². The summed E-state index contributed by atoms with van der Waals surface area (Å²) in [4.78, 5) is 28.7. The van der Waals surface area contributed by atoms with Crippen molar-refractivity contribution in [1.82, 2.24) is 4.90 Å². The lowest BCUT2D eigenvalue weighted by molar-refractivity contribution is 0.0714. The Hall–Kier alpha value is -4.26. The van der Waals surface area contributed by atoms with E-state index < -0.39 is 6.04 Å². The normalized spacial score (nSPS) is 16.3. The number of carbonyl (C=O) groups excluding carboxylic acids is 1. The number of benzene rings is 3. The maximum Gasteiger partial charge on any atom is 0.291 e. The zero-order valence-corrected chi connectivity index (χ0v) is 17.7. The molecule has 2 aliphatic rings. The number of rotatable bonds is 4. The molecule has 1 amide bonds. The minimum Gasteiger partial charge on any atom is -0.497 e. The Morgan fingerprint density at radius 2 is 1.76 bits per heavy atom. The van der Waals surface area contributed by atoms with Crippen LogP contribution in [0.5, 0.6) is 17.2 Å². The van der Waals surface area contributed by atoms with Crippen molar-refractivity contribution in [2.75, 3.05) is 13.9 Å². The summed E-state index contributed by atoms with van der Waals surface area (Å²) in [6.45, 7) is 0.443. The van der Waals surface area contributed by atoms with Crippen molar-refractivity contribution in [2.45, 2.75) is 12.6 Å². The van der Waals surface area contributed by atoms with E-state index in [0.29, 0.717) is 33.8 Å². The highest BCUT2D eigenvalue weighted by Crippen LogP contribution is 2.40. The molecule has 0 spiro atoms. The van der Waals surface area contributed by atoms with Gasteiger partial charge in [0, 0.05) is 6.54 Å². The summed E-state index contributed by atoms with van der Waals surface area (Å²) in [5.41, 5.74) is 2.20. The third kappa shape index (κ3) is 3.04. The quantitative estimate of drug-likeness (QED) is 0.471. The highest BCUT2D eigenvalue weighted by molar-refractivity contribution is 5.99. The van der Waals surface area contributed by atoms with Gasteiger partial charge in [-0.15, -0.1) is 0 Å². The number of fused-ring (bicyclic) bond motifs is 3. The predicted octanol–water partition coefficient (Wildman–Crippen LogP) is 4.28. The van der Waals surface area contributed by atoms with E-state index in [2.05, 4.69) is 0 Å². The molecule has 0 aliphatic carbocycles. The fourth-order valence-corrected chi connectivity index (χ4v) is 4.50. The van der Waals surface area contributed by atoms with Crippen LogP contribution in [-0.2, 0) is 6.54 Å². The van der Waals surface area contributed by atoms with Gasteiger partial charge < -0.3 is 23.5 Å². The van der Waals surface area contributed by atoms with E-state index in [0.717, 1.165) is 11.1 Å². The molecule has 4 aromatic rings. The Morgan fingerprint density at radius 1 is 0.970 bits per heavy atom. The van der Waals surface area contributed by atoms with Gasteiger partial charge in [0.05, 0.1) is 24.1 Å². The van der Waals surface area contributed by atoms with Crippen molar-refractivity contribution in [3.05, 3.63) is 99.4 Å². The molecular weight excluding hydrogens is 422 g/mol. The van der Waals surface area contributed by atoms with Gasteiger partial charge in [0.2, 0.25) is 12.6 Å². The van der Waals surface area contributed by atoms with E-state index in [1.165, 1.54) is 0 Å². The van der Waals surface area contributed by atoms with Crippen LogP contribution in [0.4, 0.5) is 0 Å². The third-order valence-corrected chi connectivity index (χ3v) is 6.09. The van der Waals surface area contributed by atoms with Crippen molar-refractivity contribution < 1.29 is 23.4 Å². The van der Waals surface area contributed by atoms with Crippen LogP contribution in [0.15, 0.2) is 75.9 Å². The molecule has 0 bridgehead atoms. The van der Waals surface area contributed by atoms with Crippen LogP contribution < -0.4 is 19.6 Å². The Morgan fingerprint density at radius 3 is 2.58 bits per heavy atom. The van der Waals surface area contributed by atoms with Crippen molar-refractivity contribution in [2.24, 2.45) is 0 Å². The van der Waals surface area contributed by atoms with Crippen LogP contribution in [0.2, 0.25) is 0 Å². The lowest BCUT2D eigenvalue weighted by Gasteiger charge is -2.25. The highest BCUT2D eigenvalue weighted by atomic mass is 16.7. The first-order valence-corrected chi connectivity index (χ1v) is 10.5. The maximum atomic E-state index is 13.6. The summed E-state index contributed by atoms with van der Waals surface area (Å²) in [7, 11) is 1.59. The van der Waals surface area contributed by atoms with Gasteiger partial charge in [-0.25, -0.2) is 0 Å². The van der Waals surface area contributed by atoms with Gasteiger partial charge in [-0.1, -0.05) is 30.3 Å². The summed E-state index contributed by atoms with van der Waals surface area (Å²) in [6, 6.07) is 19.3. The minimum atomic E-state index is -0.593. The fraction of sp³-hybridized carbons (Fsp3) is 0.154. The first-order valence-electron chi connectivity index (χ1n) is 10.5. The average molecular weight is 441 g/mol. The molecule has 3 heterocycles. The van der Waals surface area contributed by atoms with E-state index in [4.69, 9.17) is 18.6 Å². The number of hydrogen-bond acceptors (Lipinski definition) is 6. The fourth-order valence-electron chi connectivity index (χ4n) is 4.50. The summed E-state index contributed by atoms with van der Waals surface area (Å²) < 4.78 is 22.1. The summed E-state index contributed by atoms with van der Waals surface area (Å²) in [5, 5.41) is 0.451. The molecule has 33 heavy (non-hydrogen) atoms. The smallest absolute Gasteiger partial charge is 0.291 e. The van der Waals surface area contributed by atoms with Crippen molar-refractivity contribution >= 4 is 16.9 Å². The first kappa shape index (κ1) is 19.4. The van der Waals surface area contributed by atoms with Gasteiger partial charge in [-0.05, 0) is 47.5 Å². The molecule has 164 valence electrons. The topological polar surface area (TPSA) is 78.2 Å². The maximum absolute atomic E-state index is 13.6. The molecule has 7 heteroatoms. The highest BCUT2D eigenvalue weighted by Gasteiger charge is 2.42. The average Bonchev–Trinajstić information content (AvgIpc) is 3.42. The van der Waals surface area contributed by atoms with Crippen LogP contribution in [0, 0.1) is 0 Å². The first-order chi connectivity index (χ1) is 16.1. The summed E-state index contributed by atoms with van der Waals surface area (Å²) in [5.74, 6) is 1.75. The molecule has 0 saturated heterocycles. The molecule has 0 unspecified atom stereocenters. The number of carbonyl (C=O) groups is 1.